The fourth-order valence-electron chi connectivity index (χ4n) is 3.91. The van der Waals surface area contributed by atoms with Crippen LogP contribution >= 0.6 is 0 Å². The molecule has 0 radical (unpaired) electrons. The van der Waals surface area contributed by atoms with Crippen molar-refractivity contribution in [2.45, 2.75) is 26.2 Å². The number of aromatic nitrogens is 2. The van der Waals surface area contributed by atoms with E-state index in [1.807, 2.05) is 50.3 Å². The molecule has 2 aromatic carbocycles. The third kappa shape index (κ3) is 3.94. The summed E-state index contributed by atoms with van der Waals surface area (Å²) in [5, 5.41) is 9.96. The Morgan fingerprint density at radius 1 is 1.10 bits per heavy atom. The van der Waals surface area contributed by atoms with E-state index in [9.17, 15) is 4.79 Å². The molecule has 148 valence electrons. The number of alkyl carbamates (subject to hydrolysis) is 1. The molecule has 1 aliphatic rings. The summed E-state index contributed by atoms with van der Waals surface area (Å²) < 4.78 is 5.54. The van der Waals surface area contributed by atoms with Crippen molar-refractivity contribution in [2.24, 2.45) is 0 Å². The number of rotatable bonds is 6. The van der Waals surface area contributed by atoms with Gasteiger partial charge < -0.3 is 10.1 Å². The molecule has 0 unspecified atom stereocenters. The third-order valence-corrected chi connectivity index (χ3v) is 5.39. The van der Waals surface area contributed by atoms with Gasteiger partial charge in [0.05, 0.1) is 5.69 Å². The lowest BCUT2D eigenvalue weighted by molar-refractivity contribution is 0.143. The molecule has 1 aliphatic carbocycles. The number of aromatic amines is 1. The molecular weight excluding hydrogens is 362 g/mol. The van der Waals surface area contributed by atoms with Gasteiger partial charge in [-0.3, -0.25) is 5.10 Å². The minimum absolute atomic E-state index is 0.0834. The lowest BCUT2D eigenvalue weighted by Gasteiger charge is -2.14. The van der Waals surface area contributed by atoms with Gasteiger partial charge in [-0.05, 0) is 42.5 Å². The zero-order valence-electron chi connectivity index (χ0n) is 16.7. The van der Waals surface area contributed by atoms with Gasteiger partial charge >= 0.3 is 6.09 Å². The first-order chi connectivity index (χ1) is 14.1. The second kappa shape index (κ2) is 8.35. The van der Waals surface area contributed by atoms with Gasteiger partial charge in [0.15, 0.2) is 0 Å². The van der Waals surface area contributed by atoms with Crippen molar-refractivity contribution in [3.63, 3.8) is 0 Å². The van der Waals surface area contributed by atoms with Crippen LogP contribution in [0.5, 0.6) is 0 Å². The average molecular weight is 387 g/mol. The maximum absolute atomic E-state index is 12.2. The number of carbonyl (C=O) groups excluding carboxylic acids is 1. The topological polar surface area (TPSA) is 67.0 Å². The Bertz CT molecular complexity index is 987. The first kappa shape index (κ1) is 19.0. The molecule has 1 aromatic heterocycles. The monoisotopic (exact) mass is 387 g/mol. The van der Waals surface area contributed by atoms with Crippen LogP contribution in [0, 0.1) is 13.8 Å². The number of carbonyl (C=O) groups is 1. The minimum atomic E-state index is -0.379. The number of ether oxygens (including phenoxy) is 1. The van der Waals surface area contributed by atoms with Crippen molar-refractivity contribution in [1.29, 1.82) is 0 Å². The second-order valence-electron chi connectivity index (χ2n) is 7.29. The van der Waals surface area contributed by atoms with Crippen LogP contribution in [0.1, 0.15) is 40.4 Å². The highest BCUT2D eigenvalue weighted by atomic mass is 16.5. The van der Waals surface area contributed by atoms with Crippen LogP contribution in [-0.4, -0.2) is 29.4 Å². The summed E-state index contributed by atoms with van der Waals surface area (Å²) in [5.74, 6) is 0.0834. The van der Waals surface area contributed by atoms with Crippen molar-refractivity contribution in [3.8, 4) is 11.1 Å². The van der Waals surface area contributed by atoms with Gasteiger partial charge in [0.2, 0.25) is 0 Å². The smallest absolute Gasteiger partial charge is 0.407 e. The molecule has 29 heavy (non-hydrogen) atoms. The van der Waals surface area contributed by atoms with Gasteiger partial charge in [0.1, 0.15) is 6.61 Å². The van der Waals surface area contributed by atoms with Gasteiger partial charge in [0.25, 0.3) is 0 Å². The van der Waals surface area contributed by atoms with E-state index in [0.29, 0.717) is 13.2 Å². The molecule has 5 heteroatoms. The summed E-state index contributed by atoms with van der Waals surface area (Å²) in [7, 11) is 0. The highest BCUT2D eigenvalue weighted by Crippen LogP contribution is 2.44. The molecule has 0 aliphatic heterocycles. The zero-order chi connectivity index (χ0) is 20.2. The number of fused-ring (bicyclic) bond motifs is 3. The fraction of sp³-hybridized carbons (Fsp3) is 0.250. The largest absolute Gasteiger partial charge is 0.449 e. The van der Waals surface area contributed by atoms with Gasteiger partial charge in [0, 0.05) is 23.7 Å². The summed E-state index contributed by atoms with van der Waals surface area (Å²) in [4.78, 5) is 12.2. The molecule has 0 spiro atoms. The first-order valence-electron chi connectivity index (χ1n) is 9.92. The summed E-state index contributed by atoms with van der Waals surface area (Å²) >= 11 is 0. The van der Waals surface area contributed by atoms with Crippen molar-refractivity contribution in [3.05, 3.63) is 82.7 Å². The van der Waals surface area contributed by atoms with E-state index in [4.69, 9.17) is 4.74 Å². The zero-order valence-corrected chi connectivity index (χ0v) is 16.7. The Labute approximate surface area is 170 Å². The normalized spacial score (nSPS) is 12.8. The van der Waals surface area contributed by atoms with Crippen LogP contribution in [0.3, 0.4) is 0 Å². The van der Waals surface area contributed by atoms with Crippen LogP contribution in [0.2, 0.25) is 0 Å². The molecule has 0 saturated carbocycles. The van der Waals surface area contributed by atoms with Gasteiger partial charge in [-0.2, -0.15) is 5.10 Å². The fourth-order valence-corrected chi connectivity index (χ4v) is 3.91. The molecule has 0 fully saturated rings. The van der Waals surface area contributed by atoms with Crippen LogP contribution in [0.4, 0.5) is 4.79 Å². The van der Waals surface area contributed by atoms with Crippen LogP contribution in [-0.2, 0) is 4.74 Å². The van der Waals surface area contributed by atoms with Crippen molar-refractivity contribution in [1.82, 2.24) is 15.5 Å². The van der Waals surface area contributed by atoms with E-state index in [0.717, 1.165) is 23.4 Å². The van der Waals surface area contributed by atoms with E-state index >= 15 is 0 Å². The van der Waals surface area contributed by atoms with E-state index in [-0.39, 0.29) is 12.0 Å². The van der Waals surface area contributed by atoms with Crippen LogP contribution in [0.25, 0.3) is 17.2 Å². The lowest BCUT2D eigenvalue weighted by atomic mass is 9.98. The Kier molecular flexibility index (Phi) is 5.47. The standard InChI is InChI=1S/C24H25N3O2/c1-16-18(17(2)27-26-16)9-7-8-14-25-24(28)29-15-23-21-12-5-3-10-19(21)20-11-4-6-13-22(20)23/h3-7,9-13,23H,8,14-15H2,1-2H3,(H,25,28)(H,26,27). The molecule has 5 nitrogen and oxygen atoms in total. The lowest BCUT2D eigenvalue weighted by Crippen LogP contribution is -2.26. The van der Waals surface area contributed by atoms with Crippen LogP contribution in [0.15, 0.2) is 54.6 Å². The highest BCUT2D eigenvalue weighted by Gasteiger charge is 2.28. The SMILES string of the molecule is Cc1n[nH]c(C)c1C=CCCNC(=O)OCC1c2ccccc2-c2ccccc21. The number of aryl methyl sites for hydroxylation is 2. The predicted octanol–water partition coefficient (Wildman–Crippen LogP) is 4.97. The number of hydrogen-bond acceptors (Lipinski definition) is 3. The van der Waals surface area contributed by atoms with E-state index in [2.05, 4.69) is 39.8 Å². The maximum Gasteiger partial charge on any atom is 0.407 e. The van der Waals surface area contributed by atoms with Gasteiger partial charge in [-0.1, -0.05) is 60.7 Å². The molecule has 3 aromatic rings. The van der Waals surface area contributed by atoms with E-state index < -0.39 is 0 Å². The third-order valence-electron chi connectivity index (χ3n) is 5.39. The number of nitrogens with one attached hydrogen (secondary N) is 2. The number of benzene rings is 2. The minimum Gasteiger partial charge on any atom is -0.449 e. The number of hydrogen-bond donors (Lipinski definition) is 2. The highest BCUT2D eigenvalue weighted by molar-refractivity contribution is 5.79. The maximum atomic E-state index is 12.2. The second-order valence-corrected chi connectivity index (χ2v) is 7.29. The van der Waals surface area contributed by atoms with Gasteiger partial charge in [-0.15, -0.1) is 0 Å². The van der Waals surface area contributed by atoms with Crippen molar-refractivity contribution >= 4 is 12.2 Å². The molecule has 2 N–H and O–H groups in total. The molecule has 0 atom stereocenters. The van der Waals surface area contributed by atoms with Crippen molar-refractivity contribution < 1.29 is 9.53 Å². The number of H-pyrrole nitrogens is 1. The molecule has 0 bridgehead atoms. The number of nitrogens with zero attached hydrogens (tertiary/aromatic N) is 1. The summed E-state index contributed by atoms with van der Waals surface area (Å²) in [6, 6.07) is 16.7. The molecule has 4 rings (SSSR count). The summed E-state index contributed by atoms with van der Waals surface area (Å²) in [5.41, 5.74) is 8.02. The van der Waals surface area contributed by atoms with E-state index in [1.165, 1.54) is 22.3 Å². The Morgan fingerprint density at radius 2 is 1.76 bits per heavy atom. The van der Waals surface area contributed by atoms with Gasteiger partial charge in [-0.25, -0.2) is 4.79 Å². The molecule has 1 heterocycles. The Balaban J connectivity index is 1.29. The quantitative estimate of drug-likeness (QED) is 0.587. The van der Waals surface area contributed by atoms with E-state index in [1.54, 1.807) is 0 Å². The number of amides is 1. The first-order valence-corrected chi connectivity index (χ1v) is 9.92. The van der Waals surface area contributed by atoms with Crippen LogP contribution < -0.4 is 5.32 Å². The average Bonchev–Trinajstić information content (AvgIpc) is 3.23. The summed E-state index contributed by atoms with van der Waals surface area (Å²) in [6.45, 7) is 4.83. The molecule has 0 saturated heterocycles. The summed E-state index contributed by atoms with van der Waals surface area (Å²) in [6.07, 6.45) is 4.42. The van der Waals surface area contributed by atoms with Crippen molar-refractivity contribution in [2.75, 3.05) is 13.2 Å². The molecule has 1 amide bonds. The molecular formula is C24H25N3O2. The Hall–Kier alpha value is -3.34. The Morgan fingerprint density at radius 3 is 2.38 bits per heavy atom. The predicted molar refractivity (Wildman–Crippen MR) is 115 cm³/mol.